The van der Waals surface area contributed by atoms with E-state index in [1.807, 2.05) is 9.80 Å². The molecule has 2 amide bonds. The standard InChI is InChI=1S/C31H32F3N3O2/c32-24-8-3-22(4-9-24)5-14-30(38)36-18-16-35(17-19-36)21-31(39)37-15-1-2-27(23-6-10-25(33)11-7-23)28-13-12-26(34)20-29(28)37/h3-4,6-13,20,27H,1-2,5,14-19,21H2. The summed E-state index contributed by atoms with van der Waals surface area (Å²) in [4.78, 5) is 31.7. The van der Waals surface area contributed by atoms with Gasteiger partial charge in [0.05, 0.1) is 12.2 Å². The second-order valence-electron chi connectivity index (χ2n) is 10.3. The molecule has 1 fully saturated rings. The maximum Gasteiger partial charge on any atom is 0.241 e. The van der Waals surface area contributed by atoms with Gasteiger partial charge >= 0.3 is 0 Å². The smallest absolute Gasteiger partial charge is 0.241 e. The van der Waals surface area contributed by atoms with E-state index in [-0.39, 0.29) is 35.9 Å². The Bertz CT molecular complexity index is 1310. The summed E-state index contributed by atoms with van der Waals surface area (Å²) in [6.07, 6.45) is 2.42. The molecule has 5 rings (SSSR count). The second-order valence-corrected chi connectivity index (χ2v) is 10.3. The lowest BCUT2D eigenvalue weighted by Gasteiger charge is -2.35. The monoisotopic (exact) mass is 535 g/mol. The van der Waals surface area contributed by atoms with Gasteiger partial charge in [0.15, 0.2) is 0 Å². The number of hydrogen-bond acceptors (Lipinski definition) is 3. The van der Waals surface area contributed by atoms with Crippen LogP contribution in [0.4, 0.5) is 18.9 Å². The minimum absolute atomic E-state index is 0.0501. The molecule has 0 aromatic heterocycles. The van der Waals surface area contributed by atoms with Crippen LogP contribution in [-0.4, -0.2) is 60.9 Å². The SMILES string of the molecule is O=C(CCc1ccc(F)cc1)N1CCN(CC(=O)N2CCCC(c3ccc(F)cc3)c3ccc(F)cc32)CC1. The topological polar surface area (TPSA) is 43.9 Å². The lowest BCUT2D eigenvalue weighted by Crippen LogP contribution is -2.51. The number of carbonyl (C=O) groups excluding carboxylic acids is 2. The quantitative estimate of drug-likeness (QED) is 0.439. The predicted molar refractivity (Wildman–Crippen MR) is 144 cm³/mol. The zero-order valence-corrected chi connectivity index (χ0v) is 21.8. The van der Waals surface area contributed by atoms with Crippen LogP contribution >= 0.6 is 0 Å². The summed E-state index contributed by atoms with van der Waals surface area (Å²) in [6.45, 7) is 2.90. The molecule has 3 aromatic rings. The largest absolute Gasteiger partial charge is 0.340 e. The van der Waals surface area contributed by atoms with Crippen LogP contribution in [0.25, 0.3) is 0 Å². The van der Waals surface area contributed by atoms with Crippen molar-refractivity contribution in [2.24, 2.45) is 0 Å². The van der Waals surface area contributed by atoms with Gasteiger partial charge in [-0.25, -0.2) is 13.2 Å². The van der Waals surface area contributed by atoms with Crippen molar-refractivity contribution in [2.45, 2.75) is 31.6 Å². The molecule has 39 heavy (non-hydrogen) atoms. The number of hydrogen-bond donors (Lipinski definition) is 0. The van der Waals surface area contributed by atoms with Crippen molar-refractivity contribution >= 4 is 17.5 Å². The summed E-state index contributed by atoms with van der Waals surface area (Å²) in [7, 11) is 0. The molecule has 1 unspecified atom stereocenters. The van der Waals surface area contributed by atoms with Crippen molar-refractivity contribution in [3.8, 4) is 0 Å². The fourth-order valence-electron chi connectivity index (χ4n) is 5.57. The van der Waals surface area contributed by atoms with E-state index in [4.69, 9.17) is 0 Å². The minimum Gasteiger partial charge on any atom is -0.340 e. The summed E-state index contributed by atoms with van der Waals surface area (Å²) in [5, 5.41) is 0. The molecule has 0 radical (unpaired) electrons. The molecule has 3 aromatic carbocycles. The molecule has 0 aliphatic carbocycles. The third kappa shape index (κ3) is 6.50. The summed E-state index contributed by atoms with van der Waals surface area (Å²) in [5.41, 5.74) is 3.30. The van der Waals surface area contributed by atoms with Crippen LogP contribution in [0.5, 0.6) is 0 Å². The maximum atomic E-state index is 14.4. The minimum atomic E-state index is -0.404. The van der Waals surface area contributed by atoms with Crippen LogP contribution in [0, 0.1) is 17.5 Å². The van der Waals surface area contributed by atoms with E-state index < -0.39 is 5.82 Å². The number of rotatable bonds is 6. The second kappa shape index (κ2) is 12.0. The molecular formula is C31H32F3N3O2. The number of piperazine rings is 1. The molecule has 1 saturated heterocycles. The van der Waals surface area contributed by atoms with Crippen molar-refractivity contribution in [2.75, 3.05) is 44.2 Å². The number of anilines is 1. The van der Waals surface area contributed by atoms with Crippen molar-refractivity contribution < 1.29 is 22.8 Å². The van der Waals surface area contributed by atoms with E-state index in [0.717, 1.165) is 29.5 Å². The molecule has 0 saturated carbocycles. The molecule has 0 spiro atoms. The molecule has 0 bridgehead atoms. The van der Waals surface area contributed by atoms with Gasteiger partial charge in [0.25, 0.3) is 0 Å². The number of fused-ring (bicyclic) bond motifs is 1. The van der Waals surface area contributed by atoms with E-state index >= 15 is 0 Å². The third-order valence-electron chi connectivity index (χ3n) is 7.73. The molecule has 204 valence electrons. The molecule has 0 N–H and O–H groups in total. The first-order valence-corrected chi connectivity index (χ1v) is 13.5. The first kappa shape index (κ1) is 26.9. The van der Waals surface area contributed by atoms with E-state index in [0.29, 0.717) is 51.3 Å². The molecule has 2 heterocycles. The highest BCUT2D eigenvalue weighted by atomic mass is 19.1. The van der Waals surface area contributed by atoms with E-state index in [9.17, 15) is 22.8 Å². The zero-order valence-electron chi connectivity index (χ0n) is 21.8. The average molecular weight is 536 g/mol. The first-order chi connectivity index (χ1) is 18.9. The number of benzene rings is 3. The van der Waals surface area contributed by atoms with Gasteiger partial charge in [0, 0.05) is 45.1 Å². The van der Waals surface area contributed by atoms with Gasteiger partial charge < -0.3 is 9.80 Å². The summed E-state index contributed by atoms with van der Waals surface area (Å²) >= 11 is 0. The van der Waals surface area contributed by atoms with Gasteiger partial charge in [-0.05, 0) is 72.4 Å². The Balaban J connectivity index is 1.20. The predicted octanol–water partition coefficient (Wildman–Crippen LogP) is 5.14. The van der Waals surface area contributed by atoms with Crippen LogP contribution in [0.3, 0.4) is 0 Å². The highest BCUT2D eigenvalue weighted by Crippen LogP contribution is 2.39. The maximum absolute atomic E-state index is 14.4. The van der Waals surface area contributed by atoms with Gasteiger partial charge in [-0.3, -0.25) is 14.5 Å². The Morgan fingerprint density at radius 3 is 2.08 bits per heavy atom. The Hall–Kier alpha value is -3.65. The number of halogens is 3. The van der Waals surface area contributed by atoms with Crippen LogP contribution in [0.15, 0.2) is 66.7 Å². The number of carbonyl (C=O) groups is 2. The van der Waals surface area contributed by atoms with Crippen molar-refractivity contribution in [1.29, 1.82) is 0 Å². The normalized spacial score (nSPS) is 18.0. The van der Waals surface area contributed by atoms with Crippen LogP contribution in [0.2, 0.25) is 0 Å². The Labute approximate surface area is 226 Å². The van der Waals surface area contributed by atoms with Gasteiger partial charge in [-0.1, -0.05) is 30.3 Å². The lowest BCUT2D eigenvalue weighted by molar-refractivity contribution is -0.133. The van der Waals surface area contributed by atoms with Gasteiger partial charge in [0.2, 0.25) is 11.8 Å². The highest BCUT2D eigenvalue weighted by Gasteiger charge is 2.30. The molecular weight excluding hydrogens is 503 g/mol. The van der Waals surface area contributed by atoms with Gasteiger partial charge in [0.1, 0.15) is 17.5 Å². The Kier molecular flexibility index (Phi) is 8.31. The first-order valence-electron chi connectivity index (χ1n) is 13.5. The van der Waals surface area contributed by atoms with E-state index in [2.05, 4.69) is 0 Å². The van der Waals surface area contributed by atoms with E-state index in [1.54, 1.807) is 35.2 Å². The van der Waals surface area contributed by atoms with Crippen LogP contribution in [0.1, 0.15) is 41.9 Å². The number of amides is 2. The van der Waals surface area contributed by atoms with Crippen molar-refractivity contribution in [3.63, 3.8) is 0 Å². The molecule has 8 heteroatoms. The summed E-state index contributed by atoms with van der Waals surface area (Å²) < 4.78 is 41.0. The Morgan fingerprint density at radius 2 is 1.38 bits per heavy atom. The summed E-state index contributed by atoms with van der Waals surface area (Å²) in [6, 6.07) is 17.1. The van der Waals surface area contributed by atoms with Gasteiger partial charge in [-0.15, -0.1) is 0 Å². The number of nitrogens with zero attached hydrogens (tertiary/aromatic N) is 3. The Morgan fingerprint density at radius 1 is 0.744 bits per heavy atom. The fraction of sp³-hybridized carbons (Fsp3) is 0.355. The zero-order chi connectivity index (χ0) is 27.4. The molecule has 2 aliphatic rings. The fourth-order valence-corrected chi connectivity index (χ4v) is 5.57. The van der Waals surface area contributed by atoms with Crippen molar-refractivity contribution in [1.82, 2.24) is 9.80 Å². The van der Waals surface area contributed by atoms with E-state index in [1.165, 1.54) is 36.4 Å². The average Bonchev–Trinajstić information content (AvgIpc) is 3.13. The highest BCUT2D eigenvalue weighted by molar-refractivity contribution is 5.96. The van der Waals surface area contributed by atoms with Crippen molar-refractivity contribution in [3.05, 3.63) is 101 Å². The molecule has 5 nitrogen and oxygen atoms in total. The molecule has 1 atom stereocenters. The lowest BCUT2D eigenvalue weighted by atomic mass is 9.87. The number of aryl methyl sites for hydroxylation is 1. The third-order valence-corrected chi connectivity index (χ3v) is 7.73. The van der Waals surface area contributed by atoms with Crippen LogP contribution < -0.4 is 4.90 Å². The van der Waals surface area contributed by atoms with Gasteiger partial charge in [-0.2, -0.15) is 0 Å². The summed E-state index contributed by atoms with van der Waals surface area (Å²) in [5.74, 6) is -1.11. The molecule has 2 aliphatic heterocycles. The van der Waals surface area contributed by atoms with Crippen LogP contribution in [-0.2, 0) is 16.0 Å².